The minimum absolute atomic E-state index is 0.0216. The molecule has 1 aliphatic heterocycles. The highest BCUT2D eigenvalue weighted by Gasteiger charge is 2.75. The second kappa shape index (κ2) is 4.47. The van der Waals surface area contributed by atoms with Gasteiger partial charge in [-0.2, -0.15) is 0 Å². The molecule has 0 spiro atoms. The van der Waals surface area contributed by atoms with Crippen molar-refractivity contribution in [1.29, 1.82) is 0 Å². The van der Waals surface area contributed by atoms with Crippen molar-refractivity contribution in [1.82, 2.24) is 0 Å². The fourth-order valence-corrected chi connectivity index (χ4v) is 4.44. The average molecular weight is 280 g/mol. The Balaban J connectivity index is 1.50. The van der Waals surface area contributed by atoms with Gasteiger partial charge in [-0.25, -0.2) is 0 Å². The Morgan fingerprint density at radius 2 is 1.50 bits per heavy atom. The highest BCUT2D eigenvalue weighted by atomic mass is 16.7. The molecule has 4 fully saturated rings. The molecule has 20 heavy (non-hydrogen) atoms. The summed E-state index contributed by atoms with van der Waals surface area (Å²) < 4.78 is 17.6. The quantitative estimate of drug-likeness (QED) is 0.547. The third-order valence-corrected chi connectivity index (χ3v) is 6.24. The smallest absolute Gasteiger partial charge is 0.403 e. The van der Waals surface area contributed by atoms with E-state index < -0.39 is 0 Å². The van der Waals surface area contributed by atoms with Gasteiger partial charge in [-0.05, 0) is 65.2 Å². The Kier molecular flexibility index (Phi) is 3.32. The summed E-state index contributed by atoms with van der Waals surface area (Å²) in [6, 6.07) is 0. The molecule has 0 amide bonds. The molecule has 4 heteroatoms. The van der Waals surface area contributed by atoms with Crippen molar-refractivity contribution in [3.63, 3.8) is 0 Å². The topological polar surface area (TPSA) is 27.7 Å². The fourth-order valence-electron chi connectivity index (χ4n) is 4.44. The van der Waals surface area contributed by atoms with Gasteiger partial charge in [0.2, 0.25) is 0 Å². The first-order valence-corrected chi connectivity index (χ1v) is 8.09. The Morgan fingerprint density at radius 1 is 0.950 bits per heavy atom. The lowest BCUT2D eigenvalue weighted by atomic mass is 9.23. The van der Waals surface area contributed by atoms with E-state index in [4.69, 9.17) is 14.0 Å². The van der Waals surface area contributed by atoms with Crippen LogP contribution in [0.3, 0.4) is 0 Å². The first-order chi connectivity index (χ1) is 9.24. The van der Waals surface area contributed by atoms with Gasteiger partial charge < -0.3 is 14.0 Å². The van der Waals surface area contributed by atoms with E-state index in [0.29, 0.717) is 10.7 Å². The molecule has 0 aromatic rings. The van der Waals surface area contributed by atoms with Gasteiger partial charge in [0.05, 0.1) is 11.2 Å². The van der Waals surface area contributed by atoms with E-state index in [1.54, 1.807) is 7.11 Å². The molecule has 114 valence electrons. The highest BCUT2D eigenvalue weighted by Crippen LogP contribution is 2.82. The van der Waals surface area contributed by atoms with Gasteiger partial charge in [0.25, 0.3) is 0 Å². The van der Waals surface area contributed by atoms with Crippen LogP contribution in [-0.4, -0.2) is 32.0 Å². The number of rotatable bonds is 6. The summed E-state index contributed by atoms with van der Waals surface area (Å²) in [7, 11) is 1.81. The van der Waals surface area contributed by atoms with Crippen molar-refractivity contribution in [2.75, 3.05) is 13.7 Å². The Morgan fingerprint density at radius 3 is 2.00 bits per heavy atom. The molecule has 1 saturated heterocycles. The summed E-state index contributed by atoms with van der Waals surface area (Å²) in [5.74, 6) is 0. The van der Waals surface area contributed by atoms with Crippen molar-refractivity contribution in [3.05, 3.63) is 0 Å². The largest absolute Gasteiger partial charge is 0.464 e. The molecule has 4 aliphatic rings. The third-order valence-electron chi connectivity index (χ3n) is 6.24. The highest BCUT2D eigenvalue weighted by molar-refractivity contribution is 6.51. The lowest BCUT2D eigenvalue weighted by molar-refractivity contribution is -0.117. The summed E-state index contributed by atoms with van der Waals surface area (Å²) in [4.78, 5) is 0. The maximum Gasteiger partial charge on any atom is 0.464 e. The zero-order valence-electron chi connectivity index (χ0n) is 13.8. The van der Waals surface area contributed by atoms with Crippen molar-refractivity contribution in [2.24, 2.45) is 5.41 Å². The van der Waals surface area contributed by atoms with Crippen LogP contribution in [0.2, 0.25) is 5.31 Å². The molecule has 4 rings (SSSR count). The van der Waals surface area contributed by atoms with Gasteiger partial charge in [-0.15, -0.1) is 0 Å². The standard InChI is InChI=1S/C16H29BO3/c1-13(2)14(3,4)20-17(19-13)16-10-15(11-16,12-16)8-6-7-9-18-5/h6-12H2,1-5H3. The Bertz CT molecular complexity index is 355. The molecule has 3 aliphatic carbocycles. The van der Waals surface area contributed by atoms with Gasteiger partial charge in [0, 0.05) is 19.0 Å². The SMILES string of the molecule is COCCCCC12CC(B3OC(C)(C)C(C)(C)O3)(C1)C2. The lowest BCUT2D eigenvalue weighted by Gasteiger charge is -2.71. The predicted molar refractivity (Wildman–Crippen MR) is 80.8 cm³/mol. The first-order valence-electron chi connectivity index (χ1n) is 8.09. The first kappa shape index (κ1) is 14.9. The van der Waals surface area contributed by atoms with Crippen LogP contribution in [0, 0.1) is 5.41 Å². The monoisotopic (exact) mass is 280 g/mol. The average Bonchev–Trinajstić information content (AvgIpc) is 2.43. The Labute approximate surface area is 123 Å². The van der Waals surface area contributed by atoms with Gasteiger partial charge in [0.15, 0.2) is 0 Å². The van der Waals surface area contributed by atoms with Crippen LogP contribution in [0.1, 0.15) is 66.2 Å². The van der Waals surface area contributed by atoms with Crippen LogP contribution >= 0.6 is 0 Å². The number of ether oxygens (including phenoxy) is 1. The van der Waals surface area contributed by atoms with Crippen molar-refractivity contribution in [2.45, 2.75) is 82.7 Å². The molecule has 0 radical (unpaired) electrons. The van der Waals surface area contributed by atoms with Gasteiger partial charge in [-0.1, -0.05) is 6.42 Å². The van der Waals surface area contributed by atoms with Crippen molar-refractivity contribution >= 4 is 7.12 Å². The zero-order valence-corrected chi connectivity index (χ0v) is 13.8. The molecular weight excluding hydrogens is 251 g/mol. The third kappa shape index (κ3) is 2.07. The van der Waals surface area contributed by atoms with Crippen LogP contribution < -0.4 is 0 Å². The van der Waals surface area contributed by atoms with Crippen LogP contribution in [0.4, 0.5) is 0 Å². The van der Waals surface area contributed by atoms with Crippen LogP contribution in [0.5, 0.6) is 0 Å². The molecular formula is C16H29BO3. The molecule has 2 bridgehead atoms. The van der Waals surface area contributed by atoms with E-state index in [-0.39, 0.29) is 18.3 Å². The van der Waals surface area contributed by atoms with E-state index in [1.807, 2.05) is 0 Å². The number of hydrogen-bond acceptors (Lipinski definition) is 3. The zero-order chi connectivity index (χ0) is 14.6. The summed E-state index contributed by atoms with van der Waals surface area (Å²) in [5, 5.41) is 0.340. The van der Waals surface area contributed by atoms with Crippen molar-refractivity contribution < 1.29 is 14.0 Å². The molecule has 0 unspecified atom stereocenters. The van der Waals surface area contributed by atoms with E-state index in [1.165, 1.54) is 38.5 Å². The van der Waals surface area contributed by atoms with Crippen LogP contribution in [0.15, 0.2) is 0 Å². The molecule has 3 nitrogen and oxygen atoms in total. The summed E-state index contributed by atoms with van der Waals surface area (Å²) in [6.45, 7) is 9.51. The van der Waals surface area contributed by atoms with Gasteiger partial charge in [-0.3, -0.25) is 0 Å². The molecule has 0 N–H and O–H groups in total. The van der Waals surface area contributed by atoms with E-state index in [0.717, 1.165) is 6.61 Å². The summed E-state index contributed by atoms with van der Waals surface area (Å²) in [5.41, 5.74) is 0.259. The number of hydrogen-bond donors (Lipinski definition) is 0. The van der Waals surface area contributed by atoms with Crippen molar-refractivity contribution in [3.8, 4) is 0 Å². The maximum atomic E-state index is 6.25. The molecule has 0 atom stereocenters. The maximum absolute atomic E-state index is 6.25. The second-order valence-corrected chi connectivity index (χ2v) is 8.43. The minimum Gasteiger partial charge on any atom is -0.403 e. The minimum atomic E-state index is -0.182. The summed E-state index contributed by atoms with van der Waals surface area (Å²) in [6.07, 6.45) is 7.78. The van der Waals surface area contributed by atoms with E-state index in [9.17, 15) is 0 Å². The fraction of sp³-hybridized carbons (Fsp3) is 1.00. The predicted octanol–water partition coefficient (Wildman–Crippen LogP) is 3.82. The van der Waals surface area contributed by atoms with Gasteiger partial charge in [0.1, 0.15) is 0 Å². The molecule has 3 saturated carbocycles. The normalized spacial score (nSPS) is 40.4. The lowest BCUT2D eigenvalue weighted by Crippen LogP contribution is -2.63. The van der Waals surface area contributed by atoms with E-state index in [2.05, 4.69) is 27.7 Å². The Hall–Kier alpha value is -0.0551. The van der Waals surface area contributed by atoms with Crippen LogP contribution in [-0.2, 0) is 14.0 Å². The summed E-state index contributed by atoms with van der Waals surface area (Å²) >= 11 is 0. The number of unbranched alkanes of at least 4 members (excludes halogenated alkanes) is 1. The van der Waals surface area contributed by atoms with Crippen LogP contribution in [0.25, 0.3) is 0 Å². The second-order valence-electron chi connectivity index (χ2n) is 8.43. The number of methoxy groups -OCH3 is 1. The molecule has 1 heterocycles. The molecule has 0 aromatic heterocycles. The molecule has 0 aromatic carbocycles. The van der Waals surface area contributed by atoms with Gasteiger partial charge >= 0.3 is 7.12 Å². The van der Waals surface area contributed by atoms with E-state index >= 15 is 0 Å².